The Morgan fingerprint density at radius 1 is 1.00 bits per heavy atom. The van der Waals surface area contributed by atoms with Crippen molar-refractivity contribution in [3.63, 3.8) is 0 Å². The van der Waals surface area contributed by atoms with Crippen LogP contribution in [0.5, 0.6) is 0 Å². The molecule has 0 fully saturated rings. The molecule has 0 N–H and O–H groups in total. The van der Waals surface area contributed by atoms with E-state index in [1.165, 1.54) is 18.2 Å². The van der Waals surface area contributed by atoms with Gasteiger partial charge in [-0.1, -0.05) is 32.0 Å². The molecule has 2 heterocycles. The Hall–Kier alpha value is -2.79. The molecular formula is C21H19FN2O2. The summed E-state index contributed by atoms with van der Waals surface area (Å²) in [6.45, 7) is 6.05. The summed E-state index contributed by atoms with van der Waals surface area (Å²) in [5.74, 6) is -0.653. The van der Waals surface area contributed by atoms with Crippen LogP contribution < -0.4 is 5.43 Å². The summed E-state index contributed by atoms with van der Waals surface area (Å²) in [5, 5.41) is 0.247. The summed E-state index contributed by atoms with van der Waals surface area (Å²) >= 11 is 0. The Balaban J connectivity index is 2.13. The van der Waals surface area contributed by atoms with Gasteiger partial charge in [0.25, 0.3) is 5.91 Å². The molecule has 4 rings (SSSR count). The van der Waals surface area contributed by atoms with Crippen molar-refractivity contribution in [2.45, 2.75) is 20.4 Å². The molecule has 1 aromatic heterocycles. The first kappa shape index (κ1) is 16.7. The number of hydrogen-bond acceptors (Lipinski definition) is 3. The first-order valence-corrected chi connectivity index (χ1v) is 8.80. The number of benzene rings is 2. The first-order valence-electron chi connectivity index (χ1n) is 8.80. The lowest BCUT2D eigenvalue weighted by Gasteiger charge is -2.21. The Labute approximate surface area is 150 Å². The maximum Gasteiger partial charge on any atom is 0.263 e. The van der Waals surface area contributed by atoms with Gasteiger partial charge in [-0.2, -0.15) is 0 Å². The number of hydrogen-bond donors (Lipinski definition) is 0. The number of nitrogens with zero attached hydrogens (tertiary/aromatic N) is 2. The minimum absolute atomic E-state index is 0.173. The smallest absolute Gasteiger partial charge is 0.263 e. The third-order valence-electron chi connectivity index (χ3n) is 5.12. The molecule has 2 aromatic carbocycles. The van der Waals surface area contributed by atoms with E-state index >= 15 is 0 Å². The molecule has 4 nitrogen and oxygen atoms in total. The molecule has 26 heavy (non-hydrogen) atoms. The molecule has 3 aromatic rings. The van der Waals surface area contributed by atoms with Crippen LogP contribution in [0.25, 0.3) is 22.2 Å². The van der Waals surface area contributed by atoms with E-state index in [0.29, 0.717) is 28.9 Å². The fraction of sp³-hybridized carbons (Fsp3) is 0.238. The maximum atomic E-state index is 13.8. The molecule has 0 saturated carbocycles. The zero-order valence-electron chi connectivity index (χ0n) is 14.8. The number of rotatable bonds is 4. The largest absolute Gasteiger partial charge is 0.299 e. The second kappa shape index (κ2) is 6.18. The second-order valence-corrected chi connectivity index (χ2v) is 6.47. The van der Waals surface area contributed by atoms with Crippen molar-refractivity contribution in [3.05, 3.63) is 69.6 Å². The average molecular weight is 350 g/mol. The van der Waals surface area contributed by atoms with E-state index in [2.05, 4.69) is 4.90 Å². The van der Waals surface area contributed by atoms with Crippen LogP contribution in [-0.4, -0.2) is 28.5 Å². The fourth-order valence-corrected chi connectivity index (χ4v) is 3.72. The van der Waals surface area contributed by atoms with Gasteiger partial charge < -0.3 is 0 Å². The number of carbonyl (C=O) groups is 1. The van der Waals surface area contributed by atoms with Crippen molar-refractivity contribution in [2.24, 2.45) is 0 Å². The molecule has 0 atom stereocenters. The van der Waals surface area contributed by atoms with Gasteiger partial charge >= 0.3 is 0 Å². The molecule has 1 aliphatic heterocycles. The van der Waals surface area contributed by atoms with E-state index < -0.39 is 5.82 Å². The number of carbonyl (C=O) groups excluding carboxylic acids is 1. The Kier molecular flexibility index (Phi) is 3.96. The second-order valence-electron chi connectivity index (χ2n) is 6.47. The summed E-state index contributed by atoms with van der Waals surface area (Å²) in [6.07, 6.45) is 0. The molecule has 0 aliphatic carbocycles. The van der Waals surface area contributed by atoms with Crippen molar-refractivity contribution in [1.82, 2.24) is 9.47 Å². The summed E-state index contributed by atoms with van der Waals surface area (Å²) in [4.78, 5) is 28.4. The highest BCUT2D eigenvalue weighted by Crippen LogP contribution is 2.36. The van der Waals surface area contributed by atoms with Crippen molar-refractivity contribution >= 4 is 16.8 Å². The molecular weight excluding hydrogens is 331 g/mol. The van der Waals surface area contributed by atoms with Gasteiger partial charge in [0.1, 0.15) is 5.82 Å². The summed E-state index contributed by atoms with van der Waals surface area (Å²) in [5.41, 5.74) is 2.78. The minimum atomic E-state index is -0.480. The van der Waals surface area contributed by atoms with E-state index in [9.17, 15) is 14.0 Å². The number of fused-ring (bicyclic) bond motifs is 5. The van der Waals surface area contributed by atoms with Crippen LogP contribution in [0.3, 0.4) is 0 Å². The summed E-state index contributed by atoms with van der Waals surface area (Å²) in [6, 6.07) is 11.3. The van der Waals surface area contributed by atoms with Crippen LogP contribution in [0.2, 0.25) is 0 Å². The highest BCUT2D eigenvalue weighted by Gasteiger charge is 2.31. The van der Waals surface area contributed by atoms with Gasteiger partial charge in [-0.05, 0) is 37.4 Å². The van der Waals surface area contributed by atoms with Gasteiger partial charge in [-0.15, -0.1) is 0 Å². The fourth-order valence-electron chi connectivity index (χ4n) is 3.72. The van der Waals surface area contributed by atoms with Crippen LogP contribution >= 0.6 is 0 Å². The molecule has 132 valence electrons. The van der Waals surface area contributed by atoms with Crippen LogP contribution in [0.15, 0.2) is 47.3 Å². The van der Waals surface area contributed by atoms with Crippen molar-refractivity contribution < 1.29 is 9.18 Å². The zero-order valence-corrected chi connectivity index (χ0v) is 14.8. The van der Waals surface area contributed by atoms with Gasteiger partial charge in [0, 0.05) is 28.6 Å². The highest BCUT2D eigenvalue weighted by atomic mass is 19.1. The van der Waals surface area contributed by atoms with Crippen LogP contribution in [0, 0.1) is 5.82 Å². The number of pyridine rings is 1. The van der Waals surface area contributed by atoms with E-state index in [4.69, 9.17) is 0 Å². The van der Waals surface area contributed by atoms with Crippen molar-refractivity contribution in [3.8, 4) is 11.3 Å². The summed E-state index contributed by atoms with van der Waals surface area (Å²) in [7, 11) is 0. The lowest BCUT2D eigenvalue weighted by molar-refractivity contribution is 0.0973. The lowest BCUT2D eigenvalue weighted by Crippen LogP contribution is -2.28. The molecule has 0 radical (unpaired) electrons. The first-order chi connectivity index (χ1) is 12.6. The molecule has 0 saturated heterocycles. The highest BCUT2D eigenvalue weighted by molar-refractivity contribution is 6.13. The van der Waals surface area contributed by atoms with Crippen LogP contribution in [0.1, 0.15) is 29.8 Å². The van der Waals surface area contributed by atoms with E-state index in [1.54, 1.807) is 10.6 Å². The van der Waals surface area contributed by atoms with Gasteiger partial charge in [0.15, 0.2) is 5.43 Å². The monoisotopic (exact) mass is 350 g/mol. The topological polar surface area (TPSA) is 42.3 Å². The molecule has 0 bridgehead atoms. The molecule has 1 aliphatic rings. The quantitative estimate of drug-likeness (QED) is 0.564. The van der Waals surface area contributed by atoms with Gasteiger partial charge in [-0.3, -0.25) is 19.1 Å². The van der Waals surface area contributed by atoms with E-state index in [0.717, 1.165) is 18.7 Å². The number of aromatic nitrogens is 1. The SMILES string of the molecule is CCN(CC)Cc1c2n(c3ccc(F)cc3c1=O)C(=O)c1ccccc1-2. The van der Waals surface area contributed by atoms with Crippen LogP contribution in [-0.2, 0) is 6.54 Å². The molecule has 0 amide bonds. The van der Waals surface area contributed by atoms with Crippen LogP contribution in [0.4, 0.5) is 4.39 Å². The van der Waals surface area contributed by atoms with Gasteiger partial charge in [0.2, 0.25) is 0 Å². The van der Waals surface area contributed by atoms with Crippen molar-refractivity contribution in [1.29, 1.82) is 0 Å². The predicted molar refractivity (Wildman–Crippen MR) is 100.0 cm³/mol. The predicted octanol–water partition coefficient (Wildman–Crippen LogP) is 3.65. The Morgan fingerprint density at radius 3 is 2.38 bits per heavy atom. The lowest BCUT2D eigenvalue weighted by atomic mass is 10.0. The molecule has 0 spiro atoms. The van der Waals surface area contributed by atoms with Crippen molar-refractivity contribution in [2.75, 3.05) is 13.1 Å². The van der Waals surface area contributed by atoms with E-state index in [-0.39, 0.29) is 16.7 Å². The molecule has 5 heteroatoms. The normalized spacial score (nSPS) is 12.7. The Bertz CT molecular complexity index is 1100. The standard InChI is InChI=1S/C21H19FN2O2/c1-3-23(4-2)12-17-19-14-7-5-6-8-15(14)21(26)24(19)18-10-9-13(22)11-16(18)20(17)25/h5-11H,3-4,12H2,1-2H3. The third-order valence-corrected chi connectivity index (χ3v) is 5.12. The van der Waals surface area contributed by atoms with Gasteiger partial charge in [-0.25, -0.2) is 4.39 Å². The minimum Gasteiger partial charge on any atom is -0.299 e. The molecule has 0 unspecified atom stereocenters. The third kappa shape index (κ3) is 2.31. The number of halogens is 1. The Morgan fingerprint density at radius 2 is 1.69 bits per heavy atom. The van der Waals surface area contributed by atoms with E-state index in [1.807, 2.05) is 32.0 Å². The van der Waals surface area contributed by atoms with Gasteiger partial charge in [0.05, 0.1) is 11.2 Å². The summed E-state index contributed by atoms with van der Waals surface area (Å²) < 4.78 is 15.4. The zero-order chi connectivity index (χ0) is 18.4. The maximum absolute atomic E-state index is 13.8. The average Bonchev–Trinajstić information content (AvgIpc) is 2.95.